The van der Waals surface area contributed by atoms with Gasteiger partial charge in [-0.3, -0.25) is 9.59 Å². The van der Waals surface area contributed by atoms with Gasteiger partial charge in [0.2, 0.25) is 0 Å². The molecule has 0 aliphatic rings. The van der Waals surface area contributed by atoms with Crippen molar-refractivity contribution in [1.29, 1.82) is 0 Å². The van der Waals surface area contributed by atoms with Gasteiger partial charge in [-0.1, -0.05) is 42.1 Å². The molecule has 0 unspecified atom stereocenters. The number of anilines is 1. The molecule has 0 bridgehead atoms. The molecule has 0 spiro atoms. The molecular weight excluding hydrogens is 456 g/mol. The third-order valence-corrected chi connectivity index (χ3v) is 7.21. The topological polar surface area (TPSA) is 86.1 Å². The first kappa shape index (κ1) is 23.0. The number of para-hydroxylation sites is 2. The second-order valence-electron chi connectivity index (χ2n) is 7.40. The summed E-state index contributed by atoms with van der Waals surface area (Å²) < 4.78 is 9.07. The Labute approximate surface area is 200 Å². The summed E-state index contributed by atoms with van der Waals surface area (Å²) in [5.74, 6) is -0.00691. The van der Waals surface area contributed by atoms with Gasteiger partial charge in [-0.2, -0.15) is 5.10 Å². The lowest BCUT2D eigenvalue weighted by atomic mass is 10.3. The number of aromatic nitrogens is 3. The average Bonchev–Trinajstić information content (AvgIpc) is 3.36. The average molecular weight is 481 g/mol. The lowest BCUT2D eigenvalue weighted by Crippen LogP contribution is -2.21. The number of rotatable bonds is 9. The fourth-order valence-corrected chi connectivity index (χ4v) is 5.40. The number of hydrogen-bond donors (Lipinski definition) is 1. The van der Waals surface area contributed by atoms with E-state index in [1.807, 2.05) is 62.4 Å². The minimum absolute atomic E-state index is 0.259. The van der Waals surface area contributed by atoms with Crippen LogP contribution in [0.4, 0.5) is 5.69 Å². The summed E-state index contributed by atoms with van der Waals surface area (Å²) in [5.41, 5.74) is 4.05. The Morgan fingerprint density at radius 3 is 2.64 bits per heavy atom. The lowest BCUT2D eigenvalue weighted by molar-refractivity contribution is -0.147. The predicted octanol–water partition coefficient (Wildman–Crippen LogP) is 5.15. The first-order valence-electron chi connectivity index (χ1n) is 10.6. The van der Waals surface area contributed by atoms with Crippen LogP contribution in [0, 0.1) is 13.8 Å². The lowest BCUT2D eigenvalue weighted by Gasteiger charge is -2.08. The minimum atomic E-state index is -0.386. The number of hydrogen-bond acceptors (Lipinski definition) is 7. The number of amides is 1. The van der Waals surface area contributed by atoms with Crippen molar-refractivity contribution in [2.75, 3.05) is 17.7 Å². The number of carbonyl (C=O) groups excluding carboxylic acids is 2. The zero-order valence-electron chi connectivity index (χ0n) is 18.4. The van der Waals surface area contributed by atoms with E-state index in [9.17, 15) is 9.59 Å². The number of nitrogens with one attached hydrogen (secondary N) is 1. The maximum absolute atomic E-state index is 12.3. The smallest absolute Gasteiger partial charge is 0.306 e. The second-order valence-corrected chi connectivity index (χ2v) is 9.77. The van der Waals surface area contributed by atoms with Crippen LogP contribution in [0.3, 0.4) is 0 Å². The highest BCUT2D eigenvalue weighted by atomic mass is 32.2. The van der Waals surface area contributed by atoms with E-state index in [0.717, 1.165) is 31.7 Å². The molecule has 0 aliphatic carbocycles. The van der Waals surface area contributed by atoms with Crippen LogP contribution in [-0.4, -0.2) is 39.0 Å². The van der Waals surface area contributed by atoms with Gasteiger partial charge in [0.1, 0.15) is 0 Å². The van der Waals surface area contributed by atoms with E-state index in [2.05, 4.69) is 21.5 Å². The van der Waals surface area contributed by atoms with Crippen molar-refractivity contribution in [2.24, 2.45) is 0 Å². The van der Waals surface area contributed by atoms with Crippen molar-refractivity contribution in [3.8, 4) is 5.69 Å². The molecule has 170 valence electrons. The Balaban J connectivity index is 1.20. The molecule has 4 aromatic rings. The van der Waals surface area contributed by atoms with Gasteiger partial charge in [0.05, 0.1) is 33.0 Å². The van der Waals surface area contributed by atoms with Crippen molar-refractivity contribution in [3.63, 3.8) is 0 Å². The highest BCUT2D eigenvalue weighted by Crippen LogP contribution is 2.29. The van der Waals surface area contributed by atoms with Gasteiger partial charge in [0.15, 0.2) is 10.9 Å². The zero-order valence-corrected chi connectivity index (χ0v) is 20.0. The zero-order chi connectivity index (χ0) is 23.2. The van der Waals surface area contributed by atoms with E-state index >= 15 is 0 Å². The van der Waals surface area contributed by atoms with E-state index in [4.69, 9.17) is 4.74 Å². The summed E-state index contributed by atoms with van der Waals surface area (Å²) in [6, 6.07) is 17.7. The Hall–Kier alpha value is -3.17. The molecule has 0 saturated carbocycles. The third kappa shape index (κ3) is 5.80. The summed E-state index contributed by atoms with van der Waals surface area (Å²) in [4.78, 5) is 28.9. The molecule has 2 aromatic carbocycles. The van der Waals surface area contributed by atoms with Crippen LogP contribution in [0.1, 0.15) is 24.2 Å². The normalized spacial score (nSPS) is 11.0. The van der Waals surface area contributed by atoms with Crippen LogP contribution in [0.15, 0.2) is 58.9 Å². The quantitative estimate of drug-likeness (QED) is 0.202. The molecule has 1 amide bonds. The molecule has 0 saturated heterocycles. The van der Waals surface area contributed by atoms with Gasteiger partial charge in [-0.15, -0.1) is 11.3 Å². The molecule has 2 heterocycles. The summed E-state index contributed by atoms with van der Waals surface area (Å²) in [7, 11) is 0. The van der Waals surface area contributed by atoms with Crippen molar-refractivity contribution in [1.82, 2.24) is 14.8 Å². The van der Waals surface area contributed by atoms with Crippen molar-refractivity contribution in [3.05, 3.63) is 66.0 Å². The number of benzene rings is 2. The van der Waals surface area contributed by atoms with Crippen LogP contribution < -0.4 is 5.32 Å². The van der Waals surface area contributed by atoms with E-state index in [1.54, 1.807) is 27.8 Å². The highest BCUT2D eigenvalue weighted by Gasteiger charge is 2.16. The standard InChI is InChI=1S/C24H24N4O3S2/c1-16-23(17(2)28(27-16)18-9-4-3-5-10-18)26-21(29)15-31-22(30)13-8-14-32-24-25-19-11-6-7-12-20(19)33-24/h3-7,9-12H,8,13-15H2,1-2H3,(H,26,29). The first-order chi connectivity index (χ1) is 16.0. The molecular formula is C24H24N4O3S2. The molecule has 0 atom stereocenters. The number of ether oxygens (including phenoxy) is 1. The Bertz CT molecular complexity index is 1230. The van der Waals surface area contributed by atoms with Gasteiger partial charge < -0.3 is 10.1 Å². The van der Waals surface area contributed by atoms with Crippen molar-refractivity contribution in [2.45, 2.75) is 31.0 Å². The van der Waals surface area contributed by atoms with Crippen LogP contribution in [-0.2, 0) is 14.3 Å². The molecule has 0 radical (unpaired) electrons. The SMILES string of the molecule is Cc1nn(-c2ccccc2)c(C)c1NC(=O)COC(=O)CCCSc1nc2ccccc2s1. The minimum Gasteiger partial charge on any atom is -0.456 e. The Morgan fingerprint density at radius 2 is 1.85 bits per heavy atom. The van der Waals surface area contributed by atoms with E-state index in [0.29, 0.717) is 17.8 Å². The molecule has 9 heteroatoms. The summed E-state index contributed by atoms with van der Waals surface area (Å²) in [5, 5.41) is 7.32. The molecule has 0 aliphatic heterocycles. The Kier molecular flexibility index (Phi) is 7.41. The third-order valence-electron chi connectivity index (χ3n) is 4.95. The highest BCUT2D eigenvalue weighted by molar-refractivity contribution is 8.01. The fraction of sp³-hybridized carbons (Fsp3) is 0.250. The second kappa shape index (κ2) is 10.6. The predicted molar refractivity (Wildman–Crippen MR) is 132 cm³/mol. The largest absolute Gasteiger partial charge is 0.456 e. The summed E-state index contributed by atoms with van der Waals surface area (Å²) >= 11 is 3.28. The van der Waals surface area contributed by atoms with Crippen molar-refractivity contribution >= 4 is 50.9 Å². The fourth-order valence-electron chi connectivity index (χ4n) is 3.33. The van der Waals surface area contributed by atoms with Gasteiger partial charge >= 0.3 is 5.97 Å². The molecule has 4 rings (SSSR count). The van der Waals surface area contributed by atoms with Crippen molar-refractivity contribution < 1.29 is 14.3 Å². The summed E-state index contributed by atoms with van der Waals surface area (Å²) in [6.45, 7) is 3.40. The van der Waals surface area contributed by atoms with E-state index in [1.165, 1.54) is 0 Å². The van der Waals surface area contributed by atoms with Crippen LogP contribution in [0.5, 0.6) is 0 Å². The van der Waals surface area contributed by atoms with E-state index in [-0.39, 0.29) is 24.9 Å². The van der Waals surface area contributed by atoms with Crippen LogP contribution in [0.25, 0.3) is 15.9 Å². The van der Waals surface area contributed by atoms with Gasteiger partial charge in [-0.05, 0) is 44.5 Å². The van der Waals surface area contributed by atoms with Gasteiger partial charge in [0.25, 0.3) is 5.91 Å². The monoisotopic (exact) mass is 480 g/mol. The van der Waals surface area contributed by atoms with Gasteiger partial charge in [0, 0.05) is 12.2 Å². The van der Waals surface area contributed by atoms with Gasteiger partial charge in [-0.25, -0.2) is 9.67 Å². The van der Waals surface area contributed by atoms with Crippen LogP contribution in [0.2, 0.25) is 0 Å². The molecule has 0 fully saturated rings. The number of aryl methyl sites for hydroxylation is 1. The number of nitrogens with zero attached hydrogens (tertiary/aromatic N) is 3. The number of fused-ring (bicyclic) bond motifs is 1. The molecule has 7 nitrogen and oxygen atoms in total. The number of carbonyl (C=O) groups is 2. The van der Waals surface area contributed by atoms with Crippen LogP contribution >= 0.6 is 23.1 Å². The summed E-state index contributed by atoms with van der Waals surface area (Å²) in [6.07, 6.45) is 0.915. The number of thiazole rings is 1. The molecule has 33 heavy (non-hydrogen) atoms. The maximum atomic E-state index is 12.3. The molecule has 2 aromatic heterocycles. The Morgan fingerprint density at radius 1 is 1.09 bits per heavy atom. The number of esters is 1. The van der Waals surface area contributed by atoms with E-state index < -0.39 is 0 Å². The first-order valence-corrected chi connectivity index (χ1v) is 12.4. The number of thioether (sulfide) groups is 1. The molecule has 1 N–H and O–H groups in total. The maximum Gasteiger partial charge on any atom is 0.306 e.